The van der Waals surface area contributed by atoms with Crippen LogP contribution in [0.15, 0.2) is 216 Å². The highest BCUT2D eigenvalue weighted by Gasteiger charge is 2.33. The Morgan fingerprint density at radius 2 is 1.12 bits per heavy atom. The van der Waals surface area contributed by atoms with Gasteiger partial charge < -0.3 is 0 Å². The van der Waals surface area contributed by atoms with Crippen molar-refractivity contribution >= 4 is 50.6 Å². The molecule has 0 saturated heterocycles. The summed E-state index contributed by atoms with van der Waals surface area (Å²) < 4.78 is 56.3. The summed E-state index contributed by atoms with van der Waals surface area (Å²) in [4.78, 5) is 19.0. The van der Waals surface area contributed by atoms with Crippen molar-refractivity contribution in [3.63, 3.8) is 0 Å². The SMILES string of the molecule is CC(/C(=C1\N=C(c2ccc(C(F)(F)F)cc2)C(C=O)=C1c1ccccc1)c1ccc(C)c(-c2c(C)ccc3ccccc23)c1)=C(\C(=C(/C)c1ccc(F)cc1)c1ccccc1)c1ccccc1. The fourth-order valence-corrected chi connectivity index (χ4v) is 9.29. The van der Waals surface area contributed by atoms with E-state index in [4.69, 9.17) is 4.99 Å². The molecule has 0 bridgehead atoms. The van der Waals surface area contributed by atoms with Crippen molar-refractivity contribution in [2.24, 2.45) is 4.99 Å². The van der Waals surface area contributed by atoms with Crippen LogP contribution in [0.5, 0.6) is 0 Å². The Bertz CT molecular complexity index is 3340. The van der Waals surface area contributed by atoms with Gasteiger partial charge in [-0.2, -0.15) is 13.2 Å². The van der Waals surface area contributed by atoms with Gasteiger partial charge >= 0.3 is 6.18 Å². The van der Waals surface area contributed by atoms with Gasteiger partial charge in [-0.1, -0.05) is 164 Å². The smallest absolute Gasteiger partial charge is 0.298 e. The highest BCUT2D eigenvalue weighted by atomic mass is 19.4. The molecule has 0 aromatic heterocycles. The third-order valence-electron chi connectivity index (χ3n) is 12.6. The van der Waals surface area contributed by atoms with Crippen LogP contribution in [-0.4, -0.2) is 12.0 Å². The summed E-state index contributed by atoms with van der Waals surface area (Å²) in [6, 6.07) is 60.0. The molecule has 0 fully saturated rings. The maximum absolute atomic E-state index is 14.5. The summed E-state index contributed by atoms with van der Waals surface area (Å²) in [6.07, 6.45) is -3.79. The number of nitrogens with zero attached hydrogens (tertiary/aromatic N) is 1. The normalized spacial score (nSPS) is 14.4. The Morgan fingerprint density at radius 1 is 0.552 bits per heavy atom. The van der Waals surface area contributed by atoms with Gasteiger partial charge in [0.15, 0.2) is 6.29 Å². The lowest BCUT2D eigenvalue weighted by Crippen LogP contribution is -2.07. The van der Waals surface area contributed by atoms with Gasteiger partial charge in [0.05, 0.1) is 22.5 Å². The Labute approximate surface area is 388 Å². The summed E-state index contributed by atoms with van der Waals surface area (Å²) in [5.41, 5.74) is 13.8. The fraction of sp³-hybridized carbons (Fsp3) is 0.0820. The van der Waals surface area contributed by atoms with E-state index in [2.05, 4.69) is 87.5 Å². The van der Waals surface area contributed by atoms with Crippen LogP contribution in [0.25, 0.3) is 49.8 Å². The third kappa shape index (κ3) is 8.66. The summed E-state index contributed by atoms with van der Waals surface area (Å²) in [7, 11) is 0. The lowest BCUT2D eigenvalue weighted by Gasteiger charge is -2.24. The predicted molar refractivity (Wildman–Crippen MR) is 268 cm³/mol. The average Bonchev–Trinajstić information content (AvgIpc) is 3.73. The quantitative estimate of drug-likeness (QED) is 0.0582. The molecule has 67 heavy (non-hydrogen) atoms. The minimum Gasteiger partial charge on any atom is -0.298 e. The molecule has 328 valence electrons. The predicted octanol–water partition coefficient (Wildman–Crippen LogP) is 16.3. The van der Waals surface area contributed by atoms with Crippen LogP contribution in [0, 0.1) is 19.7 Å². The zero-order valence-corrected chi connectivity index (χ0v) is 37.4. The first-order chi connectivity index (χ1) is 32.4. The van der Waals surface area contributed by atoms with E-state index in [0.29, 0.717) is 16.8 Å². The molecule has 0 N–H and O–H groups in total. The number of hydrogen-bond donors (Lipinski definition) is 0. The highest BCUT2D eigenvalue weighted by Crippen LogP contribution is 2.48. The Morgan fingerprint density at radius 3 is 1.75 bits per heavy atom. The second kappa shape index (κ2) is 18.5. The van der Waals surface area contributed by atoms with E-state index in [1.807, 2.05) is 85.8 Å². The number of aldehydes is 1. The number of aryl methyl sites for hydroxylation is 2. The van der Waals surface area contributed by atoms with Crippen molar-refractivity contribution in [1.29, 1.82) is 0 Å². The molecule has 0 spiro atoms. The standard InChI is InChI=1S/C61H45F4NO/c1-38-24-27-48(36-52(38)54-39(2)25-26-43-16-14-15-23-51(43)54)57(60-58(46-21-12-7-13-22-46)53(37-67)59(66-60)47-28-32-49(33-29-47)61(63,64)65)41(4)56(45-19-10-6-11-20-45)55(44-17-8-5-9-18-44)40(3)42-30-34-50(62)35-31-42/h5-37H,1-4H3/b55-40+,56-41+,60-57+. The fourth-order valence-electron chi connectivity index (χ4n) is 9.29. The molecule has 9 rings (SSSR count). The second-order valence-corrected chi connectivity index (χ2v) is 16.8. The first kappa shape index (κ1) is 44.3. The highest BCUT2D eigenvalue weighted by molar-refractivity contribution is 6.33. The number of fused-ring (bicyclic) bond motifs is 1. The van der Waals surface area contributed by atoms with Gasteiger partial charge in [-0.05, 0) is 141 Å². The lowest BCUT2D eigenvalue weighted by atomic mass is 9.79. The van der Waals surface area contributed by atoms with Gasteiger partial charge in [0, 0.05) is 16.7 Å². The summed E-state index contributed by atoms with van der Waals surface area (Å²) in [5, 5.41) is 2.21. The zero-order chi connectivity index (χ0) is 46.8. The van der Waals surface area contributed by atoms with Crippen LogP contribution < -0.4 is 0 Å². The van der Waals surface area contributed by atoms with Crippen LogP contribution >= 0.6 is 0 Å². The Hall–Kier alpha value is -7.96. The molecule has 8 aromatic rings. The van der Waals surface area contributed by atoms with Gasteiger partial charge in [-0.25, -0.2) is 9.38 Å². The number of aliphatic imine (C=N–C) groups is 1. The van der Waals surface area contributed by atoms with Crippen molar-refractivity contribution in [3.05, 3.63) is 267 Å². The molecule has 1 aliphatic rings. The topological polar surface area (TPSA) is 29.4 Å². The van der Waals surface area contributed by atoms with Crippen LogP contribution in [0.4, 0.5) is 17.6 Å². The zero-order valence-electron chi connectivity index (χ0n) is 37.4. The summed E-state index contributed by atoms with van der Waals surface area (Å²) in [6.45, 7) is 8.33. The lowest BCUT2D eigenvalue weighted by molar-refractivity contribution is -0.137. The van der Waals surface area contributed by atoms with E-state index in [9.17, 15) is 22.4 Å². The molecular formula is C61H45F4NO. The van der Waals surface area contributed by atoms with E-state index >= 15 is 0 Å². The molecule has 1 aliphatic heterocycles. The maximum atomic E-state index is 14.5. The third-order valence-corrected chi connectivity index (χ3v) is 12.6. The van der Waals surface area contributed by atoms with E-state index in [1.54, 1.807) is 12.1 Å². The molecule has 0 radical (unpaired) electrons. The van der Waals surface area contributed by atoms with Crippen molar-refractivity contribution in [3.8, 4) is 11.1 Å². The number of carbonyl (C=O) groups excluding carboxylic acids is 1. The van der Waals surface area contributed by atoms with Crippen LogP contribution in [-0.2, 0) is 11.0 Å². The number of rotatable bonds is 10. The van der Waals surface area contributed by atoms with E-state index in [-0.39, 0.29) is 17.1 Å². The molecular weight excluding hydrogens is 839 g/mol. The van der Waals surface area contributed by atoms with E-state index < -0.39 is 11.7 Å². The van der Waals surface area contributed by atoms with Gasteiger partial charge in [0.2, 0.25) is 0 Å². The van der Waals surface area contributed by atoms with Crippen molar-refractivity contribution < 1.29 is 22.4 Å². The Balaban J connectivity index is 1.47. The largest absolute Gasteiger partial charge is 0.416 e. The van der Waals surface area contributed by atoms with E-state index in [0.717, 1.165) is 107 Å². The number of carbonyl (C=O) groups is 1. The van der Waals surface area contributed by atoms with E-state index in [1.165, 1.54) is 24.3 Å². The second-order valence-electron chi connectivity index (χ2n) is 16.8. The average molecular weight is 884 g/mol. The molecule has 6 heteroatoms. The number of alkyl halides is 3. The van der Waals surface area contributed by atoms with Crippen molar-refractivity contribution in [2.75, 3.05) is 0 Å². The van der Waals surface area contributed by atoms with Crippen molar-refractivity contribution in [1.82, 2.24) is 0 Å². The first-order valence-corrected chi connectivity index (χ1v) is 22.1. The first-order valence-electron chi connectivity index (χ1n) is 22.1. The molecule has 0 amide bonds. The molecule has 1 heterocycles. The molecule has 8 aromatic carbocycles. The maximum Gasteiger partial charge on any atom is 0.416 e. The van der Waals surface area contributed by atoms with Gasteiger partial charge in [-0.3, -0.25) is 4.79 Å². The minimum atomic E-state index is -4.55. The number of allylic oxidation sites excluding steroid dienone is 7. The van der Waals surface area contributed by atoms with Crippen molar-refractivity contribution in [2.45, 2.75) is 33.9 Å². The number of benzene rings is 8. The molecule has 0 unspecified atom stereocenters. The molecule has 0 aliphatic carbocycles. The van der Waals surface area contributed by atoms with Gasteiger partial charge in [-0.15, -0.1) is 0 Å². The number of hydrogen-bond acceptors (Lipinski definition) is 2. The number of halogens is 4. The minimum absolute atomic E-state index is 0.256. The molecule has 0 saturated carbocycles. The van der Waals surface area contributed by atoms with Gasteiger partial charge in [0.1, 0.15) is 5.82 Å². The van der Waals surface area contributed by atoms with Crippen LogP contribution in [0.2, 0.25) is 0 Å². The van der Waals surface area contributed by atoms with Crippen LogP contribution in [0.3, 0.4) is 0 Å². The molecule has 2 nitrogen and oxygen atoms in total. The monoisotopic (exact) mass is 883 g/mol. The van der Waals surface area contributed by atoms with Gasteiger partial charge in [0.25, 0.3) is 0 Å². The summed E-state index contributed by atoms with van der Waals surface area (Å²) in [5.74, 6) is -0.342. The Kier molecular flexibility index (Phi) is 12.2. The summed E-state index contributed by atoms with van der Waals surface area (Å²) >= 11 is 0. The molecule has 0 atom stereocenters. The van der Waals surface area contributed by atoms with Crippen LogP contribution in [0.1, 0.15) is 63.9 Å².